The van der Waals surface area contributed by atoms with E-state index in [1.807, 2.05) is 13.8 Å². The molecule has 0 radical (unpaired) electrons. The Kier molecular flexibility index (Phi) is 3.64. The highest BCUT2D eigenvalue weighted by molar-refractivity contribution is 7.89. The van der Waals surface area contributed by atoms with Crippen LogP contribution in [0.1, 0.15) is 35.3 Å². The fraction of sp³-hybridized carbons (Fsp3) is 0.462. The first kappa shape index (κ1) is 14.0. The fourth-order valence-corrected chi connectivity index (χ4v) is 3.94. The Morgan fingerprint density at radius 2 is 1.95 bits per heavy atom. The van der Waals surface area contributed by atoms with Crippen molar-refractivity contribution in [1.29, 1.82) is 0 Å². The molecule has 6 heteroatoms. The smallest absolute Gasteiger partial charge is 0.335 e. The van der Waals surface area contributed by atoms with E-state index in [1.165, 1.54) is 10.4 Å². The zero-order chi connectivity index (χ0) is 14.2. The van der Waals surface area contributed by atoms with E-state index < -0.39 is 16.0 Å². The van der Waals surface area contributed by atoms with Gasteiger partial charge in [0.1, 0.15) is 0 Å². The lowest BCUT2D eigenvalue weighted by atomic mass is 10.1. The number of fused-ring (bicyclic) bond motifs is 1. The number of carboxylic acids is 1. The van der Waals surface area contributed by atoms with Crippen LogP contribution >= 0.6 is 0 Å². The minimum Gasteiger partial charge on any atom is -0.478 e. The molecule has 0 aliphatic carbocycles. The van der Waals surface area contributed by atoms with E-state index in [9.17, 15) is 13.2 Å². The standard InChI is InChI=1S/C13H17NO4S/c1-9(2)8-19(17,18)14-6-11-4-3-10(13(15)16)5-12(11)7-14/h3-5,9H,6-8H2,1-2H3,(H,15,16). The quantitative estimate of drug-likeness (QED) is 0.912. The summed E-state index contributed by atoms with van der Waals surface area (Å²) < 4.78 is 25.7. The van der Waals surface area contributed by atoms with E-state index in [1.54, 1.807) is 12.1 Å². The van der Waals surface area contributed by atoms with Crippen LogP contribution in [0.3, 0.4) is 0 Å². The van der Waals surface area contributed by atoms with Gasteiger partial charge in [-0.15, -0.1) is 0 Å². The zero-order valence-electron chi connectivity index (χ0n) is 11.0. The average molecular weight is 283 g/mol. The van der Waals surface area contributed by atoms with Crippen molar-refractivity contribution < 1.29 is 18.3 Å². The first-order valence-corrected chi connectivity index (χ1v) is 7.73. The van der Waals surface area contributed by atoms with E-state index in [4.69, 9.17) is 5.11 Å². The maximum Gasteiger partial charge on any atom is 0.335 e. The maximum atomic E-state index is 12.1. The van der Waals surface area contributed by atoms with Crippen LogP contribution in [0.4, 0.5) is 0 Å². The van der Waals surface area contributed by atoms with Crippen molar-refractivity contribution in [3.05, 3.63) is 34.9 Å². The molecule has 104 valence electrons. The highest BCUT2D eigenvalue weighted by Crippen LogP contribution is 2.27. The summed E-state index contributed by atoms with van der Waals surface area (Å²) in [7, 11) is -3.27. The first-order chi connectivity index (χ1) is 8.79. The van der Waals surface area contributed by atoms with Crippen LogP contribution in [0.25, 0.3) is 0 Å². The van der Waals surface area contributed by atoms with Gasteiger partial charge in [0.05, 0.1) is 11.3 Å². The molecule has 0 amide bonds. The third-order valence-corrected chi connectivity index (χ3v) is 5.22. The van der Waals surface area contributed by atoms with Gasteiger partial charge in [0.25, 0.3) is 0 Å². The molecule has 1 heterocycles. The third kappa shape index (κ3) is 2.96. The van der Waals surface area contributed by atoms with Gasteiger partial charge in [-0.05, 0) is 29.2 Å². The molecule has 1 aromatic carbocycles. The molecule has 0 bridgehead atoms. The highest BCUT2D eigenvalue weighted by Gasteiger charge is 2.29. The minimum atomic E-state index is -3.27. The van der Waals surface area contributed by atoms with Gasteiger partial charge >= 0.3 is 5.97 Å². The average Bonchev–Trinajstić information content (AvgIpc) is 2.70. The summed E-state index contributed by atoms with van der Waals surface area (Å²) in [5.41, 5.74) is 1.87. The van der Waals surface area contributed by atoms with Crippen LogP contribution in [-0.4, -0.2) is 29.6 Å². The van der Waals surface area contributed by atoms with Gasteiger partial charge in [-0.25, -0.2) is 13.2 Å². The molecule has 0 aromatic heterocycles. The van der Waals surface area contributed by atoms with Gasteiger partial charge < -0.3 is 5.11 Å². The van der Waals surface area contributed by atoms with Crippen LogP contribution < -0.4 is 0 Å². The number of benzene rings is 1. The molecule has 19 heavy (non-hydrogen) atoms. The summed E-state index contributed by atoms with van der Waals surface area (Å²) in [4.78, 5) is 10.9. The number of aromatic carboxylic acids is 1. The number of rotatable bonds is 4. The van der Waals surface area contributed by atoms with E-state index in [0.717, 1.165) is 11.1 Å². The number of carboxylic acid groups (broad SMARTS) is 1. The zero-order valence-corrected chi connectivity index (χ0v) is 11.8. The molecule has 0 spiro atoms. The summed E-state index contributed by atoms with van der Waals surface area (Å²) in [5.74, 6) is -0.804. The molecule has 1 aliphatic rings. The molecule has 0 saturated carbocycles. The van der Waals surface area contributed by atoms with Gasteiger partial charge in [0.2, 0.25) is 10.0 Å². The molecule has 1 aliphatic heterocycles. The predicted octanol–water partition coefficient (Wildman–Crippen LogP) is 1.69. The van der Waals surface area contributed by atoms with E-state index in [0.29, 0.717) is 6.54 Å². The van der Waals surface area contributed by atoms with Crippen molar-refractivity contribution in [2.24, 2.45) is 5.92 Å². The normalized spacial score (nSPS) is 15.7. The number of hydrogen-bond acceptors (Lipinski definition) is 3. The monoisotopic (exact) mass is 283 g/mol. The first-order valence-electron chi connectivity index (χ1n) is 6.12. The van der Waals surface area contributed by atoms with Gasteiger partial charge in [-0.1, -0.05) is 19.9 Å². The minimum absolute atomic E-state index is 0.0725. The number of nitrogens with zero attached hydrogens (tertiary/aromatic N) is 1. The van der Waals surface area contributed by atoms with E-state index in [-0.39, 0.29) is 23.8 Å². The lowest BCUT2D eigenvalue weighted by molar-refractivity contribution is 0.0696. The number of sulfonamides is 1. The largest absolute Gasteiger partial charge is 0.478 e. The van der Waals surface area contributed by atoms with Gasteiger partial charge in [0.15, 0.2) is 0 Å². The van der Waals surface area contributed by atoms with E-state index in [2.05, 4.69) is 0 Å². The highest BCUT2D eigenvalue weighted by atomic mass is 32.2. The van der Waals surface area contributed by atoms with Crippen LogP contribution in [0, 0.1) is 5.92 Å². The summed E-state index contributed by atoms with van der Waals surface area (Å²) in [6, 6.07) is 4.77. The Balaban J connectivity index is 2.23. The fourth-order valence-electron chi connectivity index (χ4n) is 2.22. The van der Waals surface area contributed by atoms with Crippen molar-refractivity contribution in [3.63, 3.8) is 0 Å². The summed E-state index contributed by atoms with van der Waals surface area (Å²) in [6.07, 6.45) is 0. The SMILES string of the molecule is CC(C)CS(=O)(=O)N1Cc2ccc(C(=O)O)cc2C1. The summed E-state index contributed by atoms with van der Waals surface area (Å²) >= 11 is 0. The molecular formula is C13H17NO4S. The van der Waals surface area contributed by atoms with Crippen LogP contribution in [0.2, 0.25) is 0 Å². The number of hydrogen-bond donors (Lipinski definition) is 1. The Morgan fingerprint density at radius 1 is 1.32 bits per heavy atom. The Labute approximate surface area is 112 Å². The maximum absolute atomic E-state index is 12.1. The van der Waals surface area contributed by atoms with Gasteiger partial charge in [-0.3, -0.25) is 0 Å². The van der Waals surface area contributed by atoms with Crippen molar-refractivity contribution in [1.82, 2.24) is 4.31 Å². The molecule has 1 N–H and O–H groups in total. The predicted molar refractivity (Wildman–Crippen MR) is 71.3 cm³/mol. The molecular weight excluding hydrogens is 266 g/mol. The Hall–Kier alpha value is -1.40. The lowest BCUT2D eigenvalue weighted by Gasteiger charge is -2.16. The third-order valence-electron chi connectivity index (χ3n) is 3.08. The van der Waals surface area contributed by atoms with Gasteiger partial charge in [-0.2, -0.15) is 4.31 Å². The van der Waals surface area contributed by atoms with Crippen molar-refractivity contribution in [3.8, 4) is 0 Å². The summed E-state index contributed by atoms with van der Waals surface area (Å²) in [5, 5.41) is 8.93. The lowest BCUT2D eigenvalue weighted by Crippen LogP contribution is -2.29. The second kappa shape index (κ2) is 4.94. The second-order valence-corrected chi connectivity index (χ2v) is 7.24. The second-order valence-electron chi connectivity index (χ2n) is 5.23. The molecule has 0 atom stereocenters. The van der Waals surface area contributed by atoms with Crippen LogP contribution in [0.15, 0.2) is 18.2 Å². The molecule has 0 saturated heterocycles. The van der Waals surface area contributed by atoms with Crippen LogP contribution in [-0.2, 0) is 23.1 Å². The Morgan fingerprint density at radius 3 is 2.53 bits per heavy atom. The van der Waals surface area contributed by atoms with E-state index >= 15 is 0 Å². The molecule has 1 aromatic rings. The van der Waals surface area contributed by atoms with Crippen molar-refractivity contribution in [2.45, 2.75) is 26.9 Å². The molecule has 5 nitrogen and oxygen atoms in total. The number of carbonyl (C=O) groups is 1. The topological polar surface area (TPSA) is 74.7 Å². The van der Waals surface area contributed by atoms with Crippen molar-refractivity contribution >= 4 is 16.0 Å². The molecule has 0 fully saturated rings. The molecule has 0 unspecified atom stereocenters. The Bertz CT molecular complexity index is 607. The van der Waals surface area contributed by atoms with Gasteiger partial charge in [0, 0.05) is 13.1 Å². The van der Waals surface area contributed by atoms with Crippen LogP contribution in [0.5, 0.6) is 0 Å². The molecule has 2 rings (SSSR count). The van der Waals surface area contributed by atoms with Crippen molar-refractivity contribution in [2.75, 3.05) is 5.75 Å². The summed E-state index contributed by atoms with van der Waals surface area (Å²) in [6.45, 7) is 4.34.